The molecule has 0 heterocycles. The highest BCUT2D eigenvalue weighted by molar-refractivity contribution is 5.51. The van der Waals surface area contributed by atoms with Crippen molar-refractivity contribution < 1.29 is 0 Å². The minimum atomic E-state index is 1.07. The molecule has 1 aromatic rings. The molecule has 0 fully saturated rings. The first-order chi connectivity index (χ1) is 9.60. The van der Waals surface area contributed by atoms with E-state index in [2.05, 4.69) is 80.6 Å². The molecule has 1 aromatic carbocycles. The highest BCUT2D eigenvalue weighted by Gasteiger charge is 2.13. The fourth-order valence-electron chi connectivity index (χ4n) is 2.29. The number of anilines is 1. The van der Waals surface area contributed by atoms with E-state index in [9.17, 15) is 0 Å². The Morgan fingerprint density at radius 1 is 1.10 bits per heavy atom. The molecule has 1 rings (SSSR count). The molecule has 0 unspecified atom stereocenters. The standard InChI is InChI=1S/C18H28N2/c1-6-13-20(14-7-2)18(15-16(3)4)19(5)17-11-9-8-10-12-17/h8-12,15H,3,6-7,13-14H2,1-2,4-5H3/b18-15+. The molecule has 0 aliphatic rings. The van der Waals surface area contributed by atoms with Crippen LogP contribution in [0.3, 0.4) is 0 Å². The van der Waals surface area contributed by atoms with Crippen LogP contribution in [-0.2, 0) is 0 Å². The average molecular weight is 272 g/mol. The van der Waals surface area contributed by atoms with E-state index in [0.29, 0.717) is 0 Å². The molecule has 110 valence electrons. The summed E-state index contributed by atoms with van der Waals surface area (Å²) < 4.78 is 0. The van der Waals surface area contributed by atoms with Crippen LogP contribution in [0.2, 0.25) is 0 Å². The lowest BCUT2D eigenvalue weighted by molar-refractivity contribution is 0.337. The van der Waals surface area contributed by atoms with Crippen molar-refractivity contribution in [2.45, 2.75) is 33.6 Å². The lowest BCUT2D eigenvalue weighted by atomic mass is 10.2. The fraction of sp³-hybridized carbons (Fsp3) is 0.444. The monoisotopic (exact) mass is 272 g/mol. The third-order valence-electron chi connectivity index (χ3n) is 3.17. The Kier molecular flexibility index (Phi) is 6.92. The Bertz CT molecular complexity index is 428. The van der Waals surface area contributed by atoms with Crippen LogP contribution >= 0.6 is 0 Å². The fourth-order valence-corrected chi connectivity index (χ4v) is 2.29. The van der Waals surface area contributed by atoms with Crippen molar-refractivity contribution in [3.63, 3.8) is 0 Å². The number of rotatable bonds is 8. The van der Waals surface area contributed by atoms with Gasteiger partial charge in [0.1, 0.15) is 5.82 Å². The number of allylic oxidation sites excluding steroid dienone is 2. The second-order valence-corrected chi connectivity index (χ2v) is 5.23. The van der Waals surface area contributed by atoms with Gasteiger partial charge in [-0.25, -0.2) is 0 Å². The lowest BCUT2D eigenvalue weighted by Crippen LogP contribution is -2.34. The number of hydrogen-bond acceptors (Lipinski definition) is 2. The van der Waals surface area contributed by atoms with E-state index in [0.717, 1.165) is 31.5 Å². The molecule has 0 saturated carbocycles. The van der Waals surface area contributed by atoms with Gasteiger partial charge in [0.25, 0.3) is 0 Å². The summed E-state index contributed by atoms with van der Waals surface area (Å²) in [5.41, 5.74) is 2.29. The molecule has 0 N–H and O–H groups in total. The van der Waals surface area contributed by atoms with Crippen molar-refractivity contribution in [1.82, 2.24) is 4.90 Å². The van der Waals surface area contributed by atoms with Crippen LogP contribution in [-0.4, -0.2) is 25.0 Å². The van der Waals surface area contributed by atoms with Gasteiger partial charge in [-0.05, 0) is 38.0 Å². The van der Waals surface area contributed by atoms with Gasteiger partial charge in [0, 0.05) is 25.8 Å². The first kappa shape index (κ1) is 16.4. The molecular weight excluding hydrogens is 244 g/mol. The summed E-state index contributed by atoms with van der Waals surface area (Å²) in [5, 5.41) is 0. The van der Waals surface area contributed by atoms with Crippen LogP contribution < -0.4 is 4.90 Å². The lowest BCUT2D eigenvalue weighted by Gasteiger charge is -2.34. The minimum Gasteiger partial charge on any atom is -0.358 e. The maximum absolute atomic E-state index is 4.04. The van der Waals surface area contributed by atoms with Gasteiger partial charge < -0.3 is 9.80 Å². The topological polar surface area (TPSA) is 6.48 Å². The van der Waals surface area contributed by atoms with Crippen LogP contribution in [0.25, 0.3) is 0 Å². The molecule has 2 nitrogen and oxygen atoms in total. The Hall–Kier alpha value is -1.70. The largest absolute Gasteiger partial charge is 0.358 e. The van der Waals surface area contributed by atoms with Gasteiger partial charge in [-0.1, -0.05) is 44.2 Å². The van der Waals surface area contributed by atoms with Crippen molar-refractivity contribution in [3.05, 3.63) is 54.4 Å². The smallest absolute Gasteiger partial charge is 0.108 e. The first-order valence-corrected chi connectivity index (χ1v) is 7.51. The molecule has 0 radical (unpaired) electrons. The molecule has 0 spiro atoms. The van der Waals surface area contributed by atoms with Crippen LogP contribution in [0.15, 0.2) is 54.4 Å². The predicted octanol–water partition coefficient (Wildman–Crippen LogP) is 4.66. The van der Waals surface area contributed by atoms with E-state index >= 15 is 0 Å². The molecule has 2 heteroatoms. The van der Waals surface area contributed by atoms with Crippen molar-refractivity contribution in [3.8, 4) is 0 Å². The Labute approximate surface area is 124 Å². The summed E-state index contributed by atoms with van der Waals surface area (Å²) in [7, 11) is 2.13. The van der Waals surface area contributed by atoms with Crippen LogP contribution in [0, 0.1) is 0 Å². The van der Waals surface area contributed by atoms with E-state index in [1.807, 2.05) is 0 Å². The van der Waals surface area contributed by atoms with Gasteiger partial charge in [0.2, 0.25) is 0 Å². The number of para-hydroxylation sites is 1. The molecule has 0 aromatic heterocycles. The van der Waals surface area contributed by atoms with E-state index in [4.69, 9.17) is 0 Å². The third kappa shape index (κ3) is 4.76. The molecule has 0 amide bonds. The van der Waals surface area contributed by atoms with Crippen LogP contribution in [0.5, 0.6) is 0 Å². The third-order valence-corrected chi connectivity index (χ3v) is 3.17. The van der Waals surface area contributed by atoms with E-state index in [1.165, 1.54) is 11.5 Å². The SMILES string of the molecule is C=C(C)/C=C(/N(CCC)CCC)N(C)c1ccccc1. The average Bonchev–Trinajstić information content (AvgIpc) is 2.44. The zero-order valence-electron chi connectivity index (χ0n) is 13.4. The Morgan fingerprint density at radius 2 is 1.65 bits per heavy atom. The minimum absolute atomic E-state index is 1.07. The molecule has 0 atom stereocenters. The number of hydrogen-bond donors (Lipinski definition) is 0. The summed E-state index contributed by atoms with van der Waals surface area (Å²) in [5.74, 6) is 1.23. The highest BCUT2D eigenvalue weighted by atomic mass is 15.3. The zero-order chi connectivity index (χ0) is 15.0. The first-order valence-electron chi connectivity index (χ1n) is 7.51. The summed E-state index contributed by atoms with van der Waals surface area (Å²) in [6.45, 7) is 12.7. The van der Waals surface area contributed by atoms with Crippen LogP contribution in [0.1, 0.15) is 33.6 Å². The molecule has 0 saturated heterocycles. The summed E-state index contributed by atoms with van der Waals surface area (Å²) in [6, 6.07) is 10.5. The van der Waals surface area contributed by atoms with Gasteiger partial charge in [0.15, 0.2) is 0 Å². The van der Waals surface area contributed by atoms with E-state index < -0.39 is 0 Å². The highest BCUT2D eigenvalue weighted by Crippen LogP contribution is 2.21. The van der Waals surface area contributed by atoms with Crippen molar-refractivity contribution in [1.29, 1.82) is 0 Å². The molecule has 20 heavy (non-hydrogen) atoms. The van der Waals surface area contributed by atoms with Gasteiger partial charge in [-0.15, -0.1) is 0 Å². The van der Waals surface area contributed by atoms with Crippen LogP contribution in [0.4, 0.5) is 5.69 Å². The molecule has 0 aliphatic carbocycles. The summed E-state index contributed by atoms with van der Waals surface area (Å²) in [4.78, 5) is 4.70. The normalized spacial score (nSPS) is 11.3. The molecular formula is C18H28N2. The molecule has 0 aliphatic heterocycles. The van der Waals surface area contributed by atoms with Gasteiger partial charge >= 0.3 is 0 Å². The maximum atomic E-state index is 4.04. The van der Waals surface area contributed by atoms with Crippen molar-refractivity contribution in [2.75, 3.05) is 25.0 Å². The quantitative estimate of drug-likeness (QED) is 0.635. The van der Waals surface area contributed by atoms with Gasteiger partial charge in [-0.2, -0.15) is 0 Å². The van der Waals surface area contributed by atoms with E-state index in [-0.39, 0.29) is 0 Å². The second-order valence-electron chi connectivity index (χ2n) is 5.23. The number of nitrogens with zero attached hydrogens (tertiary/aromatic N) is 2. The Morgan fingerprint density at radius 3 is 2.10 bits per heavy atom. The van der Waals surface area contributed by atoms with Crippen molar-refractivity contribution in [2.24, 2.45) is 0 Å². The van der Waals surface area contributed by atoms with Gasteiger partial charge in [0.05, 0.1) is 0 Å². The predicted molar refractivity (Wildman–Crippen MR) is 89.9 cm³/mol. The molecule has 0 bridgehead atoms. The Balaban J connectivity index is 3.08. The van der Waals surface area contributed by atoms with Gasteiger partial charge in [-0.3, -0.25) is 0 Å². The number of benzene rings is 1. The summed E-state index contributed by atoms with van der Waals surface area (Å²) in [6.07, 6.45) is 4.48. The second kappa shape index (κ2) is 8.47. The van der Waals surface area contributed by atoms with Crippen molar-refractivity contribution >= 4 is 5.69 Å². The van der Waals surface area contributed by atoms with E-state index in [1.54, 1.807) is 0 Å². The maximum Gasteiger partial charge on any atom is 0.108 e. The summed E-state index contributed by atoms with van der Waals surface area (Å²) >= 11 is 0. The zero-order valence-corrected chi connectivity index (χ0v) is 13.4.